The standard InChI is InChI=1S/C12H18OS/c1-8(2)10(5)11-6-7-14(13)12(11)9(3)4/h3,6-7H2,1-2,4-5H3. The molecule has 0 spiro atoms. The van der Waals surface area contributed by atoms with Crippen LogP contribution in [-0.2, 0) is 10.8 Å². The summed E-state index contributed by atoms with van der Waals surface area (Å²) in [6.45, 7) is 12.1. The molecular formula is C12H18OS. The molecule has 1 nitrogen and oxygen atoms in total. The lowest BCUT2D eigenvalue weighted by Gasteiger charge is -2.08. The largest absolute Gasteiger partial charge is 0.254 e. The van der Waals surface area contributed by atoms with E-state index < -0.39 is 10.8 Å². The molecule has 2 heteroatoms. The van der Waals surface area contributed by atoms with Crippen LogP contribution in [0, 0.1) is 0 Å². The van der Waals surface area contributed by atoms with Crippen molar-refractivity contribution in [2.75, 3.05) is 5.75 Å². The maximum absolute atomic E-state index is 11.7. The van der Waals surface area contributed by atoms with Crippen LogP contribution in [0.2, 0.25) is 0 Å². The van der Waals surface area contributed by atoms with E-state index in [0.29, 0.717) is 0 Å². The van der Waals surface area contributed by atoms with Gasteiger partial charge in [-0.05, 0) is 50.8 Å². The van der Waals surface area contributed by atoms with Crippen LogP contribution in [-0.4, -0.2) is 9.96 Å². The Morgan fingerprint density at radius 1 is 1.29 bits per heavy atom. The minimum absolute atomic E-state index is 0.766. The first-order valence-corrected chi connectivity index (χ1v) is 6.19. The van der Waals surface area contributed by atoms with Crippen LogP contribution < -0.4 is 0 Å². The van der Waals surface area contributed by atoms with Crippen molar-refractivity contribution in [3.05, 3.63) is 33.8 Å². The molecule has 1 atom stereocenters. The summed E-state index contributed by atoms with van der Waals surface area (Å²) in [4.78, 5) is 0.990. The van der Waals surface area contributed by atoms with Gasteiger partial charge in [0.15, 0.2) is 0 Å². The minimum Gasteiger partial charge on any atom is -0.254 e. The lowest BCUT2D eigenvalue weighted by atomic mass is 9.99. The van der Waals surface area contributed by atoms with Crippen LogP contribution >= 0.6 is 0 Å². The Morgan fingerprint density at radius 2 is 1.86 bits per heavy atom. The van der Waals surface area contributed by atoms with Crippen molar-refractivity contribution < 1.29 is 4.21 Å². The fourth-order valence-corrected chi connectivity index (χ4v) is 3.17. The zero-order valence-electron chi connectivity index (χ0n) is 9.44. The van der Waals surface area contributed by atoms with E-state index in [0.717, 1.165) is 22.7 Å². The van der Waals surface area contributed by atoms with Gasteiger partial charge in [-0.15, -0.1) is 0 Å². The summed E-state index contributed by atoms with van der Waals surface area (Å²) in [6, 6.07) is 0. The van der Waals surface area contributed by atoms with Gasteiger partial charge in [-0.3, -0.25) is 4.21 Å². The van der Waals surface area contributed by atoms with Crippen molar-refractivity contribution in [2.24, 2.45) is 0 Å². The SMILES string of the molecule is C=C(C)C1=C(C(C)=C(C)C)CCS1=O. The van der Waals surface area contributed by atoms with Crippen LogP contribution in [0.25, 0.3) is 0 Å². The highest BCUT2D eigenvalue weighted by Gasteiger charge is 2.23. The summed E-state index contributed by atoms with van der Waals surface area (Å²) >= 11 is 0. The van der Waals surface area contributed by atoms with Gasteiger partial charge in [0, 0.05) is 10.7 Å². The first-order chi connectivity index (χ1) is 6.45. The molecule has 78 valence electrons. The molecule has 0 aromatic rings. The Morgan fingerprint density at radius 3 is 2.29 bits per heavy atom. The molecule has 0 saturated carbocycles. The Bertz CT molecular complexity index is 355. The molecule has 0 aromatic carbocycles. The molecule has 0 amide bonds. The molecule has 1 rings (SSSR count). The smallest absolute Gasteiger partial charge is 0.0538 e. The van der Waals surface area contributed by atoms with Crippen molar-refractivity contribution >= 4 is 10.8 Å². The van der Waals surface area contributed by atoms with Gasteiger partial charge in [0.05, 0.1) is 10.8 Å². The monoisotopic (exact) mass is 210 g/mol. The summed E-state index contributed by atoms with van der Waals surface area (Å²) in [5, 5.41) is 0. The van der Waals surface area contributed by atoms with E-state index in [4.69, 9.17) is 0 Å². The van der Waals surface area contributed by atoms with Crippen molar-refractivity contribution in [2.45, 2.75) is 34.1 Å². The second-order valence-corrected chi connectivity index (χ2v) is 5.52. The lowest BCUT2D eigenvalue weighted by molar-refractivity contribution is 0.688. The lowest BCUT2D eigenvalue weighted by Crippen LogP contribution is -1.94. The van der Waals surface area contributed by atoms with Crippen molar-refractivity contribution in [1.82, 2.24) is 0 Å². The van der Waals surface area contributed by atoms with E-state index in [1.807, 2.05) is 6.92 Å². The molecule has 0 aromatic heterocycles. The van der Waals surface area contributed by atoms with Crippen molar-refractivity contribution in [1.29, 1.82) is 0 Å². The van der Waals surface area contributed by atoms with Crippen molar-refractivity contribution in [3.8, 4) is 0 Å². The van der Waals surface area contributed by atoms with Gasteiger partial charge in [0.25, 0.3) is 0 Å². The Balaban J connectivity index is 3.26. The molecule has 0 bridgehead atoms. The highest BCUT2D eigenvalue weighted by Crippen LogP contribution is 2.33. The first kappa shape index (κ1) is 11.4. The normalized spacial score (nSPS) is 21.3. The first-order valence-electron chi connectivity index (χ1n) is 4.87. The quantitative estimate of drug-likeness (QED) is 0.683. The molecular weight excluding hydrogens is 192 g/mol. The second-order valence-electron chi connectivity index (χ2n) is 4.01. The molecule has 0 fully saturated rings. The number of rotatable bonds is 2. The highest BCUT2D eigenvalue weighted by molar-refractivity contribution is 7.89. The van der Waals surface area contributed by atoms with Gasteiger partial charge in [-0.1, -0.05) is 12.2 Å². The van der Waals surface area contributed by atoms with Crippen LogP contribution in [0.1, 0.15) is 34.1 Å². The third-order valence-electron chi connectivity index (χ3n) is 2.63. The molecule has 0 N–H and O–H groups in total. The van der Waals surface area contributed by atoms with Crippen LogP contribution in [0.3, 0.4) is 0 Å². The third-order valence-corrected chi connectivity index (χ3v) is 4.25. The molecule has 1 aliphatic rings. The van der Waals surface area contributed by atoms with Gasteiger partial charge >= 0.3 is 0 Å². The van der Waals surface area contributed by atoms with E-state index >= 15 is 0 Å². The van der Waals surface area contributed by atoms with Gasteiger partial charge < -0.3 is 0 Å². The van der Waals surface area contributed by atoms with Gasteiger partial charge in [0.1, 0.15) is 0 Å². The van der Waals surface area contributed by atoms with Crippen LogP contribution in [0.5, 0.6) is 0 Å². The molecule has 1 aliphatic heterocycles. The molecule has 0 radical (unpaired) electrons. The van der Waals surface area contributed by atoms with E-state index in [2.05, 4.69) is 27.4 Å². The Hall–Kier alpha value is -0.630. The zero-order chi connectivity index (χ0) is 10.9. The number of hydrogen-bond donors (Lipinski definition) is 0. The fourth-order valence-electron chi connectivity index (χ4n) is 1.66. The zero-order valence-corrected chi connectivity index (χ0v) is 10.3. The average molecular weight is 210 g/mol. The predicted octanol–water partition coefficient (Wildman–Crippen LogP) is 3.33. The van der Waals surface area contributed by atoms with Gasteiger partial charge in [-0.2, -0.15) is 0 Å². The molecule has 1 unspecified atom stereocenters. The summed E-state index contributed by atoms with van der Waals surface area (Å²) in [5.74, 6) is 0.766. The second kappa shape index (κ2) is 4.26. The summed E-state index contributed by atoms with van der Waals surface area (Å²) in [7, 11) is -0.812. The topological polar surface area (TPSA) is 17.1 Å². The van der Waals surface area contributed by atoms with Crippen molar-refractivity contribution in [3.63, 3.8) is 0 Å². The van der Waals surface area contributed by atoms with E-state index in [1.54, 1.807) is 0 Å². The van der Waals surface area contributed by atoms with E-state index in [1.165, 1.54) is 16.7 Å². The Labute approximate surface area is 89.1 Å². The summed E-state index contributed by atoms with van der Waals surface area (Å²) in [5.41, 5.74) is 4.80. The maximum atomic E-state index is 11.7. The summed E-state index contributed by atoms with van der Waals surface area (Å²) < 4.78 is 11.7. The van der Waals surface area contributed by atoms with Crippen LogP contribution in [0.15, 0.2) is 33.8 Å². The average Bonchev–Trinajstić information content (AvgIpc) is 2.45. The highest BCUT2D eigenvalue weighted by atomic mass is 32.2. The minimum atomic E-state index is -0.812. The molecule has 0 aliphatic carbocycles. The third kappa shape index (κ3) is 2.06. The Kier molecular flexibility index (Phi) is 3.48. The predicted molar refractivity (Wildman–Crippen MR) is 63.5 cm³/mol. The summed E-state index contributed by atoms with van der Waals surface area (Å²) in [6.07, 6.45) is 0.936. The van der Waals surface area contributed by atoms with Gasteiger partial charge in [0.2, 0.25) is 0 Å². The fraction of sp³-hybridized carbons (Fsp3) is 0.500. The van der Waals surface area contributed by atoms with E-state index in [9.17, 15) is 4.21 Å². The maximum Gasteiger partial charge on any atom is 0.0538 e. The molecule has 1 heterocycles. The molecule has 14 heavy (non-hydrogen) atoms. The molecule has 0 saturated heterocycles. The van der Waals surface area contributed by atoms with E-state index in [-0.39, 0.29) is 0 Å². The number of hydrogen-bond acceptors (Lipinski definition) is 1. The number of allylic oxidation sites excluding steroid dienone is 4. The van der Waals surface area contributed by atoms with Crippen LogP contribution in [0.4, 0.5) is 0 Å². The van der Waals surface area contributed by atoms with Gasteiger partial charge in [-0.25, -0.2) is 0 Å².